The number of aromatic nitrogens is 2. The van der Waals surface area contributed by atoms with Crippen molar-refractivity contribution >= 4 is 5.69 Å². The fourth-order valence-electron chi connectivity index (χ4n) is 4.99. The van der Waals surface area contributed by atoms with E-state index < -0.39 is 6.04 Å². The number of benzene rings is 2. The minimum atomic E-state index is -0.582. The van der Waals surface area contributed by atoms with Gasteiger partial charge in [-0.05, 0) is 55.0 Å². The van der Waals surface area contributed by atoms with Gasteiger partial charge in [0.25, 0.3) is 5.56 Å². The Morgan fingerprint density at radius 2 is 1.69 bits per heavy atom. The van der Waals surface area contributed by atoms with Crippen molar-refractivity contribution < 1.29 is 9.50 Å². The van der Waals surface area contributed by atoms with E-state index in [1.54, 1.807) is 29.8 Å². The molecule has 0 saturated carbocycles. The number of aryl methyl sites for hydroxylation is 1. The van der Waals surface area contributed by atoms with E-state index in [2.05, 4.69) is 26.9 Å². The lowest BCUT2D eigenvalue weighted by Crippen LogP contribution is -2.49. The number of halogens is 1. The first kappa shape index (κ1) is 23.8. The number of nitrogens with zero attached hydrogens (tertiary/aromatic N) is 4. The molecule has 0 unspecified atom stereocenters. The number of anilines is 1. The van der Waals surface area contributed by atoms with Crippen LogP contribution in [0.5, 0.6) is 5.75 Å². The standard InChI is InChI=1S/C29H29FN4O2/c1-21-18-26(35)27(29(36)34(21)20-24-10-5-6-13-31-24)28(22-8-7-9-23(30)19-22)33-16-14-32(15-17-33)25-11-3-2-4-12-25/h2-13,18-19,28,35H,14-17,20H2,1H3/t28-/m0/s1. The quantitative estimate of drug-likeness (QED) is 0.441. The van der Waals surface area contributed by atoms with Gasteiger partial charge in [-0.1, -0.05) is 36.4 Å². The average molecular weight is 485 g/mol. The van der Waals surface area contributed by atoms with Crippen LogP contribution in [0.15, 0.2) is 89.9 Å². The van der Waals surface area contributed by atoms with Crippen molar-refractivity contribution in [3.8, 4) is 5.75 Å². The van der Waals surface area contributed by atoms with Gasteiger partial charge in [0.1, 0.15) is 11.6 Å². The predicted octanol–water partition coefficient (Wildman–Crippen LogP) is 4.36. The summed E-state index contributed by atoms with van der Waals surface area (Å²) in [6.45, 7) is 4.90. The molecule has 0 radical (unpaired) electrons. The average Bonchev–Trinajstić information content (AvgIpc) is 2.90. The molecule has 2 aromatic heterocycles. The highest BCUT2D eigenvalue weighted by Gasteiger charge is 2.32. The molecule has 1 aliphatic heterocycles. The van der Waals surface area contributed by atoms with Crippen LogP contribution in [0.25, 0.3) is 0 Å². The molecule has 6 nitrogen and oxygen atoms in total. The topological polar surface area (TPSA) is 61.6 Å². The Hall–Kier alpha value is -3.97. The van der Waals surface area contributed by atoms with Crippen molar-refractivity contribution in [2.75, 3.05) is 31.1 Å². The number of hydrogen-bond donors (Lipinski definition) is 1. The first-order valence-corrected chi connectivity index (χ1v) is 12.1. The summed E-state index contributed by atoms with van der Waals surface area (Å²) in [5, 5.41) is 11.1. The third-order valence-electron chi connectivity index (χ3n) is 6.81. The van der Waals surface area contributed by atoms with Crippen LogP contribution in [0.4, 0.5) is 10.1 Å². The molecule has 3 heterocycles. The van der Waals surface area contributed by atoms with E-state index >= 15 is 0 Å². The van der Waals surface area contributed by atoms with Crippen LogP contribution >= 0.6 is 0 Å². The van der Waals surface area contributed by atoms with Gasteiger partial charge in [0, 0.05) is 43.8 Å². The summed E-state index contributed by atoms with van der Waals surface area (Å²) in [4.78, 5) is 22.7. The summed E-state index contributed by atoms with van der Waals surface area (Å²) < 4.78 is 16.0. The minimum absolute atomic E-state index is 0.0745. The second-order valence-electron chi connectivity index (χ2n) is 9.11. The van der Waals surface area contributed by atoms with Crippen molar-refractivity contribution in [1.29, 1.82) is 0 Å². The summed E-state index contributed by atoms with van der Waals surface area (Å²) in [6.07, 6.45) is 1.69. The van der Waals surface area contributed by atoms with Crippen molar-refractivity contribution in [1.82, 2.24) is 14.5 Å². The van der Waals surface area contributed by atoms with Gasteiger partial charge in [0.15, 0.2) is 0 Å². The Morgan fingerprint density at radius 3 is 2.39 bits per heavy atom. The first-order chi connectivity index (χ1) is 17.5. The molecular formula is C29H29FN4O2. The van der Waals surface area contributed by atoms with Gasteiger partial charge in [-0.15, -0.1) is 0 Å². The SMILES string of the molecule is Cc1cc(O)c([C@H](c2cccc(F)c2)N2CCN(c3ccccc3)CC2)c(=O)n1Cc1ccccn1. The highest BCUT2D eigenvalue weighted by Crippen LogP contribution is 2.34. The van der Waals surface area contributed by atoms with Gasteiger partial charge < -0.3 is 14.6 Å². The molecule has 184 valence electrons. The number of pyridine rings is 2. The summed E-state index contributed by atoms with van der Waals surface area (Å²) in [5.74, 6) is -0.449. The highest BCUT2D eigenvalue weighted by molar-refractivity contribution is 5.47. The fraction of sp³-hybridized carbons (Fsp3) is 0.241. The summed E-state index contributed by atoms with van der Waals surface area (Å²) in [6, 6.07) is 23.1. The van der Waals surface area contributed by atoms with Crippen LogP contribution < -0.4 is 10.5 Å². The van der Waals surface area contributed by atoms with Crippen LogP contribution in [-0.4, -0.2) is 45.7 Å². The molecular weight excluding hydrogens is 455 g/mol. The van der Waals surface area contributed by atoms with E-state index in [4.69, 9.17) is 0 Å². The number of rotatable bonds is 6. The lowest BCUT2D eigenvalue weighted by molar-refractivity contribution is 0.207. The number of para-hydroxylation sites is 1. The Labute approximate surface area is 209 Å². The van der Waals surface area contributed by atoms with E-state index in [1.165, 1.54) is 12.1 Å². The molecule has 0 bridgehead atoms. The molecule has 2 aromatic carbocycles. The van der Waals surface area contributed by atoms with Crippen LogP contribution in [-0.2, 0) is 6.54 Å². The zero-order valence-electron chi connectivity index (χ0n) is 20.2. The van der Waals surface area contributed by atoms with Crippen molar-refractivity contribution in [2.24, 2.45) is 0 Å². The van der Waals surface area contributed by atoms with Crippen molar-refractivity contribution in [2.45, 2.75) is 19.5 Å². The maximum Gasteiger partial charge on any atom is 0.260 e. The fourth-order valence-corrected chi connectivity index (χ4v) is 4.99. The number of hydrogen-bond acceptors (Lipinski definition) is 5. The number of aromatic hydroxyl groups is 1. The van der Waals surface area contributed by atoms with Gasteiger partial charge >= 0.3 is 0 Å². The molecule has 1 fully saturated rings. The zero-order valence-corrected chi connectivity index (χ0v) is 20.2. The molecule has 1 aliphatic rings. The molecule has 1 atom stereocenters. The molecule has 0 amide bonds. The largest absolute Gasteiger partial charge is 0.507 e. The van der Waals surface area contributed by atoms with Crippen molar-refractivity contribution in [3.63, 3.8) is 0 Å². The normalized spacial score (nSPS) is 15.1. The van der Waals surface area contributed by atoms with Gasteiger partial charge in [-0.3, -0.25) is 14.7 Å². The van der Waals surface area contributed by atoms with Crippen molar-refractivity contribution in [3.05, 3.63) is 124 Å². The van der Waals surface area contributed by atoms with E-state index in [0.29, 0.717) is 24.3 Å². The Morgan fingerprint density at radius 1 is 0.944 bits per heavy atom. The molecule has 36 heavy (non-hydrogen) atoms. The summed E-state index contributed by atoms with van der Waals surface area (Å²) >= 11 is 0. The van der Waals surface area contributed by atoms with E-state index in [-0.39, 0.29) is 29.2 Å². The summed E-state index contributed by atoms with van der Waals surface area (Å²) in [7, 11) is 0. The second-order valence-corrected chi connectivity index (χ2v) is 9.11. The van der Waals surface area contributed by atoms with Gasteiger partial charge in [-0.25, -0.2) is 4.39 Å². The lowest BCUT2D eigenvalue weighted by Gasteiger charge is -2.40. The number of piperazine rings is 1. The van der Waals surface area contributed by atoms with Crippen LogP contribution in [0, 0.1) is 12.7 Å². The van der Waals surface area contributed by atoms with Gasteiger partial charge in [-0.2, -0.15) is 0 Å². The lowest BCUT2D eigenvalue weighted by atomic mass is 9.95. The molecule has 1 saturated heterocycles. The molecule has 4 aromatic rings. The maximum atomic E-state index is 14.3. The van der Waals surface area contributed by atoms with E-state index in [9.17, 15) is 14.3 Å². The first-order valence-electron chi connectivity index (χ1n) is 12.1. The van der Waals surface area contributed by atoms with Gasteiger partial charge in [0.05, 0.1) is 23.8 Å². The van der Waals surface area contributed by atoms with E-state index in [1.807, 2.05) is 42.5 Å². The second kappa shape index (κ2) is 10.3. The predicted molar refractivity (Wildman–Crippen MR) is 139 cm³/mol. The Balaban J connectivity index is 1.54. The zero-order chi connectivity index (χ0) is 25.1. The third kappa shape index (κ3) is 4.88. The Bertz CT molecular complexity index is 1380. The van der Waals surface area contributed by atoms with Crippen LogP contribution in [0.2, 0.25) is 0 Å². The Kier molecular flexibility index (Phi) is 6.82. The summed E-state index contributed by atoms with van der Waals surface area (Å²) in [5.41, 5.74) is 3.14. The molecule has 5 rings (SSSR count). The molecule has 0 aliphatic carbocycles. The molecule has 7 heteroatoms. The minimum Gasteiger partial charge on any atom is -0.507 e. The smallest absolute Gasteiger partial charge is 0.260 e. The maximum absolute atomic E-state index is 14.3. The van der Waals surface area contributed by atoms with Gasteiger partial charge in [0.2, 0.25) is 0 Å². The third-order valence-corrected chi connectivity index (χ3v) is 6.81. The highest BCUT2D eigenvalue weighted by atomic mass is 19.1. The van der Waals surface area contributed by atoms with E-state index in [0.717, 1.165) is 24.5 Å². The van der Waals surface area contributed by atoms with Crippen LogP contribution in [0.1, 0.15) is 28.6 Å². The molecule has 0 spiro atoms. The molecule has 1 N–H and O–H groups in total. The monoisotopic (exact) mass is 484 g/mol. The van der Waals surface area contributed by atoms with Crippen LogP contribution in [0.3, 0.4) is 0 Å².